The summed E-state index contributed by atoms with van der Waals surface area (Å²) in [6.07, 6.45) is 0.999. The van der Waals surface area contributed by atoms with Gasteiger partial charge in [0.15, 0.2) is 0 Å². The van der Waals surface area contributed by atoms with Crippen LogP contribution in [0.4, 0.5) is 0 Å². The van der Waals surface area contributed by atoms with Gasteiger partial charge in [0, 0.05) is 37.8 Å². The summed E-state index contributed by atoms with van der Waals surface area (Å²) in [4.78, 5) is 17.0. The largest absolute Gasteiger partial charge is 0.340 e. The lowest BCUT2D eigenvalue weighted by Gasteiger charge is -2.43. The number of carbonyl (C=O) groups excluding carboxylic acids is 1. The molecule has 2 rings (SSSR count). The fraction of sp³-hybridized carbons (Fsp3) is 0.929. The van der Waals surface area contributed by atoms with Gasteiger partial charge in [0.1, 0.15) is 0 Å². The Hall–Kier alpha value is -0.610. The molecule has 18 heavy (non-hydrogen) atoms. The van der Waals surface area contributed by atoms with Crippen LogP contribution in [0.5, 0.6) is 0 Å². The van der Waals surface area contributed by atoms with Gasteiger partial charge in [0.2, 0.25) is 5.91 Å². The molecule has 0 aromatic heterocycles. The first-order chi connectivity index (χ1) is 8.39. The minimum atomic E-state index is 0.200. The van der Waals surface area contributed by atoms with Crippen molar-refractivity contribution in [1.82, 2.24) is 15.1 Å². The van der Waals surface area contributed by atoms with E-state index in [9.17, 15) is 4.79 Å². The predicted octanol–water partition coefficient (Wildman–Crippen LogP) is 0.927. The first-order valence-corrected chi connectivity index (χ1v) is 7.17. The Balaban J connectivity index is 1.88. The summed E-state index contributed by atoms with van der Waals surface area (Å²) >= 11 is 0. The van der Waals surface area contributed by atoms with E-state index in [1.54, 1.807) is 0 Å². The molecule has 0 radical (unpaired) electrons. The van der Waals surface area contributed by atoms with Crippen LogP contribution in [0.15, 0.2) is 0 Å². The number of rotatable bonds is 1. The molecular formula is C14H27N3O. The third kappa shape index (κ3) is 2.86. The summed E-state index contributed by atoms with van der Waals surface area (Å²) in [5.74, 6) is 0.562. The normalized spacial score (nSPS) is 30.8. The second kappa shape index (κ2) is 5.17. The zero-order valence-corrected chi connectivity index (χ0v) is 12.2. The zero-order valence-electron chi connectivity index (χ0n) is 12.2. The highest BCUT2D eigenvalue weighted by molar-refractivity contribution is 5.80. The van der Waals surface area contributed by atoms with Gasteiger partial charge in [-0.2, -0.15) is 0 Å². The van der Waals surface area contributed by atoms with Gasteiger partial charge in [-0.1, -0.05) is 0 Å². The molecule has 2 heterocycles. The maximum atomic E-state index is 12.4. The van der Waals surface area contributed by atoms with Crippen LogP contribution in [-0.2, 0) is 4.79 Å². The van der Waals surface area contributed by atoms with E-state index in [-0.39, 0.29) is 11.5 Å². The van der Waals surface area contributed by atoms with Crippen molar-refractivity contribution in [3.05, 3.63) is 0 Å². The SMILES string of the molecule is CC1NCCC1C(=O)N1CCN(C(C)(C)C)CC1. The summed E-state index contributed by atoms with van der Waals surface area (Å²) in [5, 5.41) is 3.36. The maximum absolute atomic E-state index is 12.4. The average Bonchev–Trinajstić information content (AvgIpc) is 2.73. The van der Waals surface area contributed by atoms with Crippen molar-refractivity contribution >= 4 is 5.91 Å². The summed E-state index contributed by atoms with van der Waals surface area (Å²) in [6.45, 7) is 13.6. The standard InChI is InChI=1S/C14H27N3O/c1-11-12(5-6-15-11)13(18)16-7-9-17(10-8-16)14(2,3)4/h11-12,15H,5-10H2,1-4H3. The lowest BCUT2D eigenvalue weighted by atomic mass is 9.99. The summed E-state index contributed by atoms with van der Waals surface area (Å²) < 4.78 is 0. The lowest BCUT2D eigenvalue weighted by molar-refractivity contribution is -0.138. The molecule has 2 unspecified atom stereocenters. The van der Waals surface area contributed by atoms with Crippen LogP contribution in [0.2, 0.25) is 0 Å². The van der Waals surface area contributed by atoms with E-state index in [1.807, 2.05) is 0 Å². The molecule has 4 nitrogen and oxygen atoms in total. The molecule has 104 valence electrons. The number of hydrogen-bond acceptors (Lipinski definition) is 3. The van der Waals surface area contributed by atoms with Crippen LogP contribution in [0.1, 0.15) is 34.1 Å². The Morgan fingerprint density at radius 2 is 1.78 bits per heavy atom. The zero-order chi connectivity index (χ0) is 13.3. The second-order valence-corrected chi connectivity index (χ2v) is 6.62. The molecular weight excluding hydrogens is 226 g/mol. The van der Waals surface area contributed by atoms with Crippen molar-refractivity contribution in [2.24, 2.45) is 5.92 Å². The first kappa shape index (κ1) is 13.8. The molecule has 0 aliphatic carbocycles. The van der Waals surface area contributed by atoms with E-state index in [2.05, 4.69) is 42.8 Å². The van der Waals surface area contributed by atoms with Crippen LogP contribution >= 0.6 is 0 Å². The molecule has 2 saturated heterocycles. The Kier molecular flexibility index (Phi) is 3.97. The van der Waals surface area contributed by atoms with Crippen molar-refractivity contribution in [2.75, 3.05) is 32.7 Å². The van der Waals surface area contributed by atoms with Crippen LogP contribution in [-0.4, -0.2) is 60.0 Å². The van der Waals surface area contributed by atoms with E-state index in [4.69, 9.17) is 0 Å². The molecule has 1 amide bonds. The molecule has 0 aromatic rings. The summed E-state index contributed by atoms with van der Waals surface area (Å²) in [6, 6.07) is 0.346. The number of nitrogens with zero attached hydrogens (tertiary/aromatic N) is 2. The number of carbonyl (C=O) groups is 1. The van der Waals surface area contributed by atoms with Crippen molar-refractivity contribution in [3.8, 4) is 0 Å². The highest BCUT2D eigenvalue weighted by Gasteiger charge is 2.35. The monoisotopic (exact) mass is 253 g/mol. The molecule has 0 aromatic carbocycles. The lowest BCUT2D eigenvalue weighted by Crippen LogP contribution is -2.56. The van der Waals surface area contributed by atoms with E-state index in [0.29, 0.717) is 11.9 Å². The van der Waals surface area contributed by atoms with Crippen molar-refractivity contribution in [2.45, 2.75) is 45.7 Å². The number of amides is 1. The van der Waals surface area contributed by atoms with Gasteiger partial charge in [-0.25, -0.2) is 0 Å². The van der Waals surface area contributed by atoms with E-state index in [1.165, 1.54) is 0 Å². The molecule has 2 atom stereocenters. The molecule has 2 aliphatic heterocycles. The smallest absolute Gasteiger partial charge is 0.227 e. The van der Waals surface area contributed by atoms with Gasteiger partial charge in [-0.05, 0) is 40.7 Å². The maximum Gasteiger partial charge on any atom is 0.227 e. The number of hydrogen-bond donors (Lipinski definition) is 1. The summed E-state index contributed by atoms with van der Waals surface area (Å²) in [7, 11) is 0. The third-order valence-electron chi connectivity index (χ3n) is 4.38. The number of piperazine rings is 1. The molecule has 1 N–H and O–H groups in total. The molecule has 4 heteroatoms. The molecule has 0 spiro atoms. The van der Waals surface area contributed by atoms with Gasteiger partial charge >= 0.3 is 0 Å². The Labute approximate surface area is 111 Å². The Morgan fingerprint density at radius 3 is 2.22 bits per heavy atom. The average molecular weight is 253 g/mol. The minimum Gasteiger partial charge on any atom is -0.340 e. The molecule has 0 saturated carbocycles. The van der Waals surface area contributed by atoms with Crippen LogP contribution < -0.4 is 5.32 Å². The molecule has 2 aliphatic rings. The van der Waals surface area contributed by atoms with Crippen LogP contribution in [0.25, 0.3) is 0 Å². The quantitative estimate of drug-likeness (QED) is 0.755. The van der Waals surface area contributed by atoms with Crippen molar-refractivity contribution < 1.29 is 4.79 Å². The van der Waals surface area contributed by atoms with Crippen molar-refractivity contribution in [3.63, 3.8) is 0 Å². The predicted molar refractivity (Wildman–Crippen MR) is 73.5 cm³/mol. The van der Waals surface area contributed by atoms with Gasteiger partial charge in [0.25, 0.3) is 0 Å². The van der Waals surface area contributed by atoms with E-state index < -0.39 is 0 Å². The van der Waals surface area contributed by atoms with E-state index >= 15 is 0 Å². The molecule has 2 fully saturated rings. The topological polar surface area (TPSA) is 35.6 Å². The number of nitrogens with one attached hydrogen (secondary N) is 1. The second-order valence-electron chi connectivity index (χ2n) is 6.62. The summed E-state index contributed by atoms with van der Waals surface area (Å²) in [5.41, 5.74) is 0.220. The Bertz CT molecular complexity index is 303. The van der Waals surface area contributed by atoms with E-state index in [0.717, 1.165) is 39.1 Å². The van der Waals surface area contributed by atoms with Gasteiger partial charge in [0.05, 0.1) is 5.92 Å². The highest BCUT2D eigenvalue weighted by Crippen LogP contribution is 2.21. The van der Waals surface area contributed by atoms with Crippen LogP contribution in [0.3, 0.4) is 0 Å². The van der Waals surface area contributed by atoms with Gasteiger partial charge < -0.3 is 10.2 Å². The highest BCUT2D eigenvalue weighted by atomic mass is 16.2. The molecule has 0 bridgehead atoms. The van der Waals surface area contributed by atoms with Crippen LogP contribution in [0, 0.1) is 5.92 Å². The van der Waals surface area contributed by atoms with Gasteiger partial charge in [-0.15, -0.1) is 0 Å². The Morgan fingerprint density at radius 1 is 1.17 bits per heavy atom. The fourth-order valence-electron chi connectivity index (χ4n) is 3.03. The fourth-order valence-corrected chi connectivity index (χ4v) is 3.03. The third-order valence-corrected chi connectivity index (χ3v) is 4.38. The van der Waals surface area contributed by atoms with Crippen molar-refractivity contribution in [1.29, 1.82) is 0 Å². The van der Waals surface area contributed by atoms with Gasteiger partial charge in [-0.3, -0.25) is 9.69 Å². The first-order valence-electron chi connectivity index (χ1n) is 7.17. The minimum absolute atomic E-state index is 0.200.